The lowest BCUT2D eigenvalue weighted by atomic mass is 9.85. The average Bonchev–Trinajstić information content (AvgIpc) is 2.59. The standard InChI is InChI=1S/C19H22N2O2/c1-20(2)19(23)17(15-10-6-4-7-11-15)18(21(3)14-22)16-12-8-5-9-13-16/h4-14,17-18H,1-3H3. The van der Waals surface area contributed by atoms with E-state index in [2.05, 4.69) is 0 Å². The predicted molar refractivity (Wildman–Crippen MR) is 90.9 cm³/mol. The molecule has 2 amide bonds. The van der Waals surface area contributed by atoms with Gasteiger partial charge in [0.25, 0.3) is 0 Å². The number of nitrogens with zero attached hydrogens (tertiary/aromatic N) is 2. The lowest BCUT2D eigenvalue weighted by molar-refractivity contribution is -0.133. The normalized spacial score (nSPS) is 13.0. The summed E-state index contributed by atoms with van der Waals surface area (Å²) in [5.74, 6) is -0.484. The Balaban J connectivity index is 2.57. The highest BCUT2D eigenvalue weighted by atomic mass is 16.2. The fourth-order valence-electron chi connectivity index (χ4n) is 2.78. The van der Waals surface area contributed by atoms with Gasteiger partial charge in [0, 0.05) is 21.1 Å². The van der Waals surface area contributed by atoms with Gasteiger partial charge in [-0.05, 0) is 11.1 Å². The van der Waals surface area contributed by atoms with Gasteiger partial charge in [0.1, 0.15) is 0 Å². The van der Waals surface area contributed by atoms with Crippen LogP contribution in [0, 0.1) is 0 Å². The van der Waals surface area contributed by atoms with Crippen LogP contribution in [0.2, 0.25) is 0 Å². The molecule has 0 saturated carbocycles. The first kappa shape index (κ1) is 16.7. The van der Waals surface area contributed by atoms with E-state index in [1.165, 1.54) is 0 Å². The molecule has 2 atom stereocenters. The monoisotopic (exact) mass is 310 g/mol. The van der Waals surface area contributed by atoms with Gasteiger partial charge in [0.15, 0.2) is 0 Å². The van der Waals surface area contributed by atoms with Gasteiger partial charge in [0.2, 0.25) is 12.3 Å². The maximum Gasteiger partial charge on any atom is 0.232 e. The Hall–Kier alpha value is -2.62. The van der Waals surface area contributed by atoms with E-state index in [1.54, 1.807) is 30.9 Å². The molecule has 0 aliphatic rings. The van der Waals surface area contributed by atoms with Crippen molar-refractivity contribution in [2.75, 3.05) is 21.1 Å². The van der Waals surface area contributed by atoms with Gasteiger partial charge in [-0.1, -0.05) is 60.7 Å². The Morgan fingerprint density at radius 1 is 0.870 bits per heavy atom. The largest absolute Gasteiger partial charge is 0.348 e. The number of hydrogen-bond donors (Lipinski definition) is 0. The van der Waals surface area contributed by atoms with Crippen molar-refractivity contribution < 1.29 is 9.59 Å². The molecule has 2 aromatic carbocycles. The number of carbonyl (C=O) groups is 2. The van der Waals surface area contributed by atoms with E-state index in [1.807, 2.05) is 60.7 Å². The summed E-state index contributed by atoms with van der Waals surface area (Å²) >= 11 is 0. The zero-order valence-electron chi connectivity index (χ0n) is 13.7. The highest BCUT2D eigenvalue weighted by molar-refractivity contribution is 5.84. The van der Waals surface area contributed by atoms with Crippen LogP contribution in [0.25, 0.3) is 0 Å². The Labute approximate surface area is 137 Å². The molecule has 0 radical (unpaired) electrons. The Morgan fingerprint density at radius 3 is 1.78 bits per heavy atom. The van der Waals surface area contributed by atoms with E-state index in [9.17, 15) is 9.59 Å². The molecule has 4 heteroatoms. The molecule has 0 aliphatic carbocycles. The summed E-state index contributed by atoms with van der Waals surface area (Å²) in [6.45, 7) is 0. The maximum absolute atomic E-state index is 12.9. The highest BCUT2D eigenvalue weighted by Gasteiger charge is 2.34. The molecule has 4 nitrogen and oxygen atoms in total. The van der Waals surface area contributed by atoms with Crippen molar-refractivity contribution in [3.05, 3.63) is 71.8 Å². The second kappa shape index (κ2) is 7.58. The summed E-state index contributed by atoms with van der Waals surface area (Å²) in [7, 11) is 5.19. The molecule has 0 saturated heterocycles. The summed E-state index contributed by atoms with van der Waals surface area (Å²) in [5, 5.41) is 0. The first-order chi connectivity index (χ1) is 11.1. The van der Waals surface area contributed by atoms with Crippen molar-refractivity contribution in [2.45, 2.75) is 12.0 Å². The van der Waals surface area contributed by atoms with Crippen molar-refractivity contribution >= 4 is 12.3 Å². The number of rotatable bonds is 6. The van der Waals surface area contributed by atoms with Gasteiger partial charge < -0.3 is 9.80 Å². The van der Waals surface area contributed by atoms with Gasteiger partial charge >= 0.3 is 0 Å². The molecule has 2 aromatic rings. The van der Waals surface area contributed by atoms with Crippen LogP contribution in [0.3, 0.4) is 0 Å². The molecular formula is C19H22N2O2. The molecule has 0 bridgehead atoms. The quantitative estimate of drug-likeness (QED) is 0.770. The Bertz CT molecular complexity index is 641. The summed E-state index contributed by atoms with van der Waals surface area (Å²) in [4.78, 5) is 27.5. The molecule has 0 aromatic heterocycles. The van der Waals surface area contributed by atoms with Crippen LogP contribution >= 0.6 is 0 Å². The topological polar surface area (TPSA) is 40.6 Å². The molecule has 120 valence electrons. The van der Waals surface area contributed by atoms with Gasteiger partial charge in [-0.3, -0.25) is 9.59 Å². The molecule has 0 fully saturated rings. The van der Waals surface area contributed by atoms with Crippen molar-refractivity contribution in [1.82, 2.24) is 9.80 Å². The average molecular weight is 310 g/mol. The van der Waals surface area contributed by atoms with Gasteiger partial charge in [-0.25, -0.2) is 0 Å². The third kappa shape index (κ3) is 3.77. The van der Waals surface area contributed by atoms with Crippen LogP contribution in [0.5, 0.6) is 0 Å². The highest BCUT2D eigenvalue weighted by Crippen LogP contribution is 2.35. The van der Waals surface area contributed by atoms with Crippen LogP contribution in [0.1, 0.15) is 23.1 Å². The van der Waals surface area contributed by atoms with E-state index in [4.69, 9.17) is 0 Å². The second-order valence-corrected chi connectivity index (χ2v) is 5.75. The fourth-order valence-corrected chi connectivity index (χ4v) is 2.78. The minimum atomic E-state index is -0.455. The van der Waals surface area contributed by atoms with Crippen molar-refractivity contribution in [3.8, 4) is 0 Å². The number of amides is 2. The number of likely N-dealkylation sites (N-methyl/N-ethyl adjacent to an activating group) is 2. The van der Waals surface area contributed by atoms with Gasteiger partial charge in [-0.2, -0.15) is 0 Å². The maximum atomic E-state index is 12.9. The minimum Gasteiger partial charge on any atom is -0.348 e. The number of benzene rings is 2. The second-order valence-electron chi connectivity index (χ2n) is 5.75. The summed E-state index contributed by atoms with van der Waals surface area (Å²) < 4.78 is 0. The number of hydrogen-bond acceptors (Lipinski definition) is 2. The summed E-state index contributed by atoms with van der Waals surface area (Å²) in [5.41, 5.74) is 1.83. The molecule has 2 unspecified atom stereocenters. The van der Waals surface area contributed by atoms with Crippen LogP contribution in [-0.2, 0) is 9.59 Å². The zero-order valence-corrected chi connectivity index (χ0v) is 13.7. The van der Waals surface area contributed by atoms with E-state index in [0.29, 0.717) is 0 Å². The van der Waals surface area contributed by atoms with Crippen molar-refractivity contribution in [1.29, 1.82) is 0 Å². The van der Waals surface area contributed by atoms with Crippen LogP contribution < -0.4 is 0 Å². The van der Waals surface area contributed by atoms with Crippen LogP contribution in [0.4, 0.5) is 0 Å². The van der Waals surface area contributed by atoms with E-state index >= 15 is 0 Å². The predicted octanol–water partition coefficient (Wildman–Crippen LogP) is 2.69. The van der Waals surface area contributed by atoms with Crippen molar-refractivity contribution in [2.24, 2.45) is 0 Å². The Morgan fingerprint density at radius 2 is 1.35 bits per heavy atom. The zero-order chi connectivity index (χ0) is 16.8. The van der Waals surface area contributed by atoms with Crippen molar-refractivity contribution in [3.63, 3.8) is 0 Å². The lowest BCUT2D eigenvalue weighted by Gasteiger charge is -2.34. The minimum absolute atomic E-state index is 0.0289. The van der Waals surface area contributed by atoms with Gasteiger partial charge in [-0.15, -0.1) is 0 Å². The molecule has 2 rings (SSSR count). The third-order valence-corrected chi connectivity index (χ3v) is 3.93. The van der Waals surface area contributed by atoms with Gasteiger partial charge in [0.05, 0.1) is 12.0 Å². The summed E-state index contributed by atoms with van der Waals surface area (Å²) in [6.07, 6.45) is 0.774. The number of carbonyl (C=O) groups excluding carboxylic acids is 2. The smallest absolute Gasteiger partial charge is 0.232 e. The molecule has 0 N–H and O–H groups in total. The molecule has 0 heterocycles. The third-order valence-electron chi connectivity index (χ3n) is 3.93. The van der Waals surface area contributed by atoms with Crippen LogP contribution in [0.15, 0.2) is 60.7 Å². The molecule has 23 heavy (non-hydrogen) atoms. The van der Waals surface area contributed by atoms with E-state index < -0.39 is 5.92 Å². The Kier molecular flexibility index (Phi) is 5.52. The fraction of sp³-hybridized carbons (Fsp3) is 0.263. The molecular weight excluding hydrogens is 288 g/mol. The lowest BCUT2D eigenvalue weighted by Crippen LogP contribution is -2.38. The van der Waals surface area contributed by atoms with E-state index in [-0.39, 0.29) is 11.9 Å². The first-order valence-electron chi connectivity index (χ1n) is 7.54. The van der Waals surface area contributed by atoms with E-state index in [0.717, 1.165) is 17.5 Å². The van der Waals surface area contributed by atoms with Crippen LogP contribution in [-0.4, -0.2) is 43.3 Å². The molecule has 0 aliphatic heterocycles. The summed E-state index contributed by atoms with van der Waals surface area (Å²) in [6, 6.07) is 18.9. The first-order valence-corrected chi connectivity index (χ1v) is 7.54. The SMILES string of the molecule is CN(C)C(=O)C(c1ccccc1)C(c1ccccc1)N(C)C=O. The molecule has 0 spiro atoms.